The van der Waals surface area contributed by atoms with E-state index in [-0.39, 0.29) is 5.82 Å². The van der Waals surface area contributed by atoms with Crippen LogP contribution in [0.5, 0.6) is 0 Å². The van der Waals surface area contributed by atoms with Gasteiger partial charge < -0.3 is 5.73 Å². The van der Waals surface area contributed by atoms with Gasteiger partial charge in [-0.2, -0.15) is 0 Å². The van der Waals surface area contributed by atoms with Gasteiger partial charge in [0, 0.05) is 11.6 Å². The van der Waals surface area contributed by atoms with Gasteiger partial charge in [0.05, 0.1) is 4.90 Å². The summed E-state index contributed by atoms with van der Waals surface area (Å²) < 4.78 is 14.5. The number of benzene rings is 1. The summed E-state index contributed by atoms with van der Waals surface area (Å²) in [6.45, 7) is 0.540. The lowest BCUT2D eigenvalue weighted by Gasteiger charge is -2.03. The molecule has 2 aromatic rings. The highest BCUT2D eigenvalue weighted by Crippen LogP contribution is 2.31. The molecule has 2 nitrogen and oxygen atoms in total. The molecule has 0 aliphatic rings. The van der Waals surface area contributed by atoms with E-state index in [4.69, 9.17) is 5.73 Å². The summed E-state index contributed by atoms with van der Waals surface area (Å²) in [6.07, 6.45) is 2.42. The van der Waals surface area contributed by atoms with Gasteiger partial charge in [0.25, 0.3) is 0 Å². The fraction of sp³-hybridized carbons (Fsp3) is 0.182. The molecule has 0 saturated heterocycles. The predicted octanol–water partition coefficient (Wildman–Crippen LogP) is 2.93. The largest absolute Gasteiger partial charge is 0.330 e. The Labute approximate surface area is 102 Å². The average Bonchev–Trinajstić information content (AvgIpc) is 2.75. The molecule has 1 aromatic heterocycles. The van der Waals surface area contributed by atoms with E-state index in [1.807, 2.05) is 11.4 Å². The van der Waals surface area contributed by atoms with Crippen molar-refractivity contribution in [2.75, 3.05) is 6.54 Å². The van der Waals surface area contributed by atoms with Gasteiger partial charge in [-0.3, -0.25) is 0 Å². The first-order valence-corrected chi connectivity index (χ1v) is 6.55. The first-order chi connectivity index (χ1) is 7.79. The van der Waals surface area contributed by atoms with Crippen LogP contribution in [0.25, 0.3) is 0 Å². The molecular weight excluding hydrogens is 243 g/mol. The molecule has 84 valence electrons. The van der Waals surface area contributed by atoms with Crippen LogP contribution in [0.3, 0.4) is 0 Å². The lowest BCUT2D eigenvalue weighted by atomic mass is 10.1. The molecule has 0 unspecified atom stereocenters. The molecule has 0 radical (unpaired) electrons. The topological polar surface area (TPSA) is 38.9 Å². The van der Waals surface area contributed by atoms with Crippen molar-refractivity contribution in [3.63, 3.8) is 0 Å². The fourth-order valence-electron chi connectivity index (χ4n) is 1.30. The number of rotatable bonds is 4. The van der Waals surface area contributed by atoms with Crippen LogP contribution in [0.2, 0.25) is 0 Å². The Kier molecular flexibility index (Phi) is 3.93. The summed E-state index contributed by atoms with van der Waals surface area (Å²) in [5, 5.41) is 1.88. The zero-order chi connectivity index (χ0) is 11.4. The lowest BCUT2D eigenvalue weighted by molar-refractivity contribution is 0.599. The van der Waals surface area contributed by atoms with Crippen LogP contribution in [0.15, 0.2) is 39.0 Å². The summed E-state index contributed by atoms with van der Waals surface area (Å²) in [6, 6.07) is 5.24. The average molecular weight is 254 g/mol. The molecule has 1 heterocycles. The number of thiazole rings is 1. The van der Waals surface area contributed by atoms with Gasteiger partial charge in [0.2, 0.25) is 0 Å². The second kappa shape index (κ2) is 5.43. The van der Waals surface area contributed by atoms with Crippen LogP contribution in [-0.2, 0) is 6.42 Å². The summed E-state index contributed by atoms with van der Waals surface area (Å²) in [5.41, 5.74) is 6.36. The number of halogens is 1. The van der Waals surface area contributed by atoms with Crippen LogP contribution >= 0.6 is 23.1 Å². The van der Waals surface area contributed by atoms with E-state index in [1.54, 1.807) is 18.3 Å². The van der Waals surface area contributed by atoms with Crippen LogP contribution in [0, 0.1) is 5.82 Å². The van der Waals surface area contributed by atoms with E-state index >= 15 is 0 Å². The smallest absolute Gasteiger partial charge is 0.154 e. The molecular formula is C11H11FN2S2. The Morgan fingerprint density at radius 2 is 2.31 bits per heavy atom. The summed E-state index contributed by atoms with van der Waals surface area (Å²) in [4.78, 5) is 4.71. The van der Waals surface area contributed by atoms with Crippen molar-refractivity contribution in [2.45, 2.75) is 15.7 Å². The first kappa shape index (κ1) is 11.6. The van der Waals surface area contributed by atoms with E-state index in [2.05, 4.69) is 4.98 Å². The molecule has 2 rings (SSSR count). The third-order valence-corrected chi connectivity index (χ3v) is 3.97. The maximum Gasteiger partial charge on any atom is 0.154 e. The minimum atomic E-state index is -0.203. The van der Waals surface area contributed by atoms with Gasteiger partial charge in [-0.15, -0.1) is 11.3 Å². The van der Waals surface area contributed by atoms with Gasteiger partial charge in [0.1, 0.15) is 5.82 Å². The van der Waals surface area contributed by atoms with Crippen molar-refractivity contribution in [1.29, 1.82) is 0 Å². The first-order valence-electron chi connectivity index (χ1n) is 4.85. The Morgan fingerprint density at radius 1 is 1.44 bits per heavy atom. The predicted molar refractivity (Wildman–Crippen MR) is 65.4 cm³/mol. The van der Waals surface area contributed by atoms with Crippen molar-refractivity contribution < 1.29 is 4.39 Å². The maximum absolute atomic E-state index is 13.7. The van der Waals surface area contributed by atoms with Crippen molar-refractivity contribution in [1.82, 2.24) is 4.98 Å². The van der Waals surface area contributed by atoms with Crippen LogP contribution in [-0.4, -0.2) is 11.5 Å². The maximum atomic E-state index is 13.7. The number of hydrogen-bond donors (Lipinski definition) is 1. The molecule has 0 amide bonds. The zero-order valence-corrected chi connectivity index (χ0v) is 10.2. The Morgan fingerprint density at radius 3 is 2.94 bits per heavy atom. The normalized spacial score (nSPS) is 10.6. The van der Waals surface area contributed by atoms with Gasteiger partial charge in [0.15, 0.2) is 4.34 Å². The quantitative estimate of drug-likeness (QED) is 0.911. The monoisotopic (exact) mass is 254 g/mol. The molecule has 16 heavy (non-hydrogen) atoms. The van der Waals surface area contributed by atoms with E-state index < -0.39 is 0 Å². The van der Waals surface area contributed by atoms with Crippen LogP contribution < -0.4 is 5.73 Å². The number of nitrogens with zero attached hydrogens (tertiary/aromatic N) is 1. The van der Waals surface area contributed by atoms with E-state index in [9.17, 15) is 4.39 Å². The molecule has 0 fully saturated rings. The third kappa shape index (κ3) is 2.81. The summed E-state index contributed by atoms with van der Waals surface area (Å²) in [7, 11) is 0. The highest BCUT2D eigenvalue weighted by atomic mass is 32.2. The van der Waals surface area contributed by atoms with Gasteiger partial charge >= 0.3 is 0 Å². The molecule has 0 spiro atoms. The minimum Gasteiger partial charge on any atom is -0.330 e. The minimum absolute atomic E-state index is 0.203. The highest BCUT2D eigenvalue weighted by Gasteiger charge is 2.06. The van der Waals surface area contributed by atoms with E-state index in [0.29, 0.717) is 17.9 Å². The van der Waals surface area contributed by atoms with Crippen molar-refractivity contribution in [2.24, 2.45) is 5.73 Å². The molecule has 0 bridgehead atoms. The molecule has 0 aliphatic carbocycles. The Balaban J connectivity index is 2.16. The number of hydrogen-bond acceptors (Lipinski definition) is 4. The molecule has 0 aliphatic heterocycles. The van der Waals surface area contributed by atoms with Crippen molar-refractivity contribution >= 4 is 23.1 Å². The van der Waals surface area contributed by atoms with Gasteiger partial charge in [-0.25, -0.2) is 9.37 Å². The molecule has 0 atom stereocenters. The standard InChI is InChI=1S/C11H11FN2S2/c12-9-7-8(3-4-13)1-2-10(9)16-11-14-5-6-15-11/h1-2,5-7H,3-4,13H2. The van der Waals surface area contributed by atoms with E-state index in [0.717, 1.165) is 9.90 Å². The second-order valence-corrected chi connectivity index (χ2v) is 5.39. The molecule has 5 heteroatoms. The SMILES string of the molecule is NCCc1ccc(Sc2nccs2)c(F)c1. The molecule has 1 aromatic carbocycles. The molecule has 0 saturated carbocycles. The number of aromatic nitrogens is 1. The van der Waals surface area contributed by atoms with Crippen molar-refractivity contribution in [3.8, 4) is 0 Å². The van der Waals surface area contributed by atoms with Gasteiger partial charge in [-0.1, -0.05) is 17.8 Å². The molecule has 2 N–H and O–H groups in total. The van der Waals surface area contributed by atoms with Crippen molar-refractivity contribution in [3.05, 3.63) is 41.2 Å². The summed E-state index contributed by atoms with van der Waals surface area (Å²) in [5.74, 6) is -0.203. The second-order valence-electron chi connectivity index (χ2n) is 3.20. The Bertz CT molecular complexity index is 457. The zero-order valence-electron chi connectivity index (χ0n) is 8.52. The van der Waals surface area contributed by atoms with Crippen LogP contribution in [0.1, 0.15) is 5.56 Å². The lowest BCUT2D eigenvalue weighted by Crippen LogP contribution is -2.02. The summed E-state index contributed by atoms with van der Waals surface area (Å²) >= 11 is 2.85. The van der Waals surface area contributed by atoms with Gasteiger partial charge in [-0.05, 0) is 30.7 Å². The highest BCUT2D eigenvalue weighted by molar-refractivity contribution is 8.01. The third-order valence-electron chi connectivity index (χ3n) is 2.04. The van der Waals surface area contributed by atoms with Crippen LogP contribution in [0.4, 0.5) is 4.39 Å². The Hall–Kier alpha value is -0.910. The number of nitrogens with two attached hydrogens (primary N) is 1. The van der Waals surface area contributed by atoms with E-state index in [1.165, 1.54) is 23.1 Å². The fourth-order valence-corrected chi connectivity index (χ4v) is 2.89.